The van der Waals surface area contributed by atoms with Crippen molar-refractivity contribution in [3.63, 3.8) is 0 Å². The molecule has 0 bridgehead atoms. The molecule has 3 aromatic rings. The summed E-state index contributed by atoms with van der Waals surface area (Å²) >= 11 is 12.7. The molecule has 1 N–H and O–H groups in total. The van der Waals surface area contributed by atoms with Crippen LogP contribution in [-0.4, -0.2) is 39.2 Å². The van der Waals surface area contributed by atoms with Crippen molar-refractivity contribution in [3.05, 3.63) is 64.1 Å². The fraction of sp³-hybridized carbons (Fsp3) is 0.227. The number of nitrogens with one attached hydrogen (secondary N) is 1. The van der Waals surface area contributed by atoms with Gasteiger partial charge in [0.2, 0.25) is 0 Å². The van der Waals surface area contributed by atoms with E-state index in [9.17, 15) is 0 Å². The van der Waals surface area contributed by atoms with Crippen molar-refractivity contribution < 1.29 is 9.47 Å². The maximum absolute atomic E-state index is 6.60. The molecule has 0 saturated carbocycles. The smallest absolute Gasteiger partial charge is 0.138 e. The lowest BCUT2D eigenvalue weighted by Gasteiger charge is -2.20. The van der Waals surface area contributed by atoms with Gasteiger partial charge in [0, 0.05) is 29.8 Å². The molecule has 0 spiro atoms. The minimum atomic E-state index is 0.424. The maximum atomic E-state index is 6.60. The van der Waals surface area contributed by atoms with Crippen molar-refractivity contribution in [3.8, 4) is 16.9 Å². The van der Waals surface area contributed by atoms with Gasteiger partial charge in [-0.1, -0.05) is 53.5 Å². The van der Waals surface area contributed by atoms with E-state index in [4.69, 9.17) is 32.7 Å². The third-order valence-electron chi connectivity index (χ3n) is 4.67. The Balaban J connectivity index is 2.02. The first-order valence-electron chi connectivity index (χ1n) is 9.10. The van der Waals surface area contributed by atoms with Crippen LogP contribution in [0.15, 0.2) is 53.5 Å². The van der Waals surface area contributed by atoms with Gasteiger partial charge >= 0.3 is 0 Å². The number of fused-ring (bicyclic) bond motifs is 1. The van der Waals surface area contributed by atoms with Crippen LogP contribution in [0.25, 0.3) is 21.9 Å². The molecule has 144 valence electrons. The van der Waals surface area contributed by atoms with E-state index in [-0.39, 0.29) is 0 Å². The number of ether oxygens (including phenoxy) is 2. The van der Waals surface area contributed by atoms with Crippen LogP contribution in [0.4, 0.5) is 0 Å². The zero-order chi connectivity index (χ0) is 19.5. The fourth-order valence-corrected chi connectivity index (χ4v) is 3.92. The molecule has 0 saturated heterocycles. The predicted octanol–water partition coefficient (Wildman–Crippen LogP) is 5.19. The second kappa shape index (κ2) is 8.39. The Labute approximate surface area is 174 Å². The lowest BCUT2D eigenvalue weighted by atomic mass is 9.93. The van der Waals surface area contributed by atoms with Crippen molar-refractivity contribution in [2.24, 2.45) is 4.99 Å². The average molecular weight is 415 g/mol. The van der Waals surface area contributed by atoms with Gasteiger partial charge in [-0.05, 0) is 29.0 Å². The third kappa shape index (κ3) is 3.68. The zero-order valence-electron chi connectivity index (χ0n) is 15.5. The molecule has 1 aliphatic heterocycles. The van der Waals surface area contributed by atoms with E-state index in [0.29, 0.717) is 23.3 Å². The molecule has 1 heterocycles. The number of hydrogen-bond donors (Lipinski definition) is 1. The van der Waals surface area contributed by atoms with Gasteiger partial charge in [0.05, 0.1) is 23.7 Å². The number of aliphatic imine (C=N–C) groups is 1. The molecule has 0 aliphatic carbocycles. The molecule has 0 unspecified atom stereocenters. The number of rotatable bonds is 6. The van der Waals surface area contributed by atoms with E-state index >= 15 is 0 Å². The van der Waals surface area contributed by atoms with Crippen LogP contribution in [0.3, 0.4) is 0 Å². The minimum Gasteiger partial charge on any atom is -0.490 e. The number of benzene rings is 3. The largest absolute Gasteiger partial charge is 0.490 e. The average Bonchev–Trinajstić information content (AvgIpc) is 3.23. The lowest BCUT2D eigenvalue weighted by Crippen LogP contribution is -2.21. The van der Waals surface area contributed by atoms with Gasteiger partial charge in [0.15, 0.2) is 0 Å². The molecule has 4 rings (SSSR count). The van der Waals surface area contributed by atoms with E-state index in [1.165, 1.54) is 0 Å². The Bertz CT molecular complexity index is 1050. The van der Waals surface area contributed by atoms with E-state index < -0.39 is 0 Å². The number of amidine groups is 1. The SMILES string of the molecule is COCCOc1c(C2=NCCN2)cc2ccccc2c1-c1ccc(Cl)cc1Cl. The monoisotopic (exact) mass is 414 g/mol. The van der Waals surface area contributed by atoms with Gasteiger partial charge in [-0.15, -0.1) is 0 Å². The maximum Gasteiger partial charge on any atom is 0.138 e. The van der Waals surface area contributed by atoms with Crippen molar-refractivity contribution in [1.82, 2.24) is 5.32 Å². The van der Waals surface area contributed by atoms with Gasteiger partial charge in [-0.25, -0.2) is 0 Å². The molecule has 4 nitrogen and oxygen atoms in total. The Hall–Kier alpha value is -2.27. The summed E-state index contributed by atoms with van der Waals surface area (Å²) in [5.41, 5.74) is 2.73. The first-order valence-corrected chi connectivity index (χ1v) is 9.86. The topological polar surface area (TPSA) is 42.9 Å². The lowest BCUT2D eigenvalue weighted by molar-refractivity contribution is 0.146. The first-order chi connectivity index (χ1) is 13.7. The van der Waals surface area contributed by atoms with E-state index in [0.717, 1.165) is 52.1 Å². The normalized spacial score (nSPS) is 13.5. The summed E-state index contributed by atoms with van der Waals surface area (Å²) in [5.74, 6) is 1.58. The van der Waals surface area contributed by atoms with Gasteiger partial charge in [0.25, 0.3) is 0 Å². The number of nitrogens with zero attached hydrogens (tertiary/aromatic N) is 1. The van der Waals surface area contributed by atoms with Crippen LogP contribution >= 0.6 is 23.2 Å². The highest BCUT2D eigenvalue weighted by atomic mass is 35.5. The van der Waals surface area contributed by atoms with E-state index in [2.05, 4.69) is 28.5 Å². The molecule has 0 radical (unpaired) electrons. The first kappa shape index (κ1) is 19.1. The van der Waals surface area contributed by atoms with Crippen molar-refractivity contribution >= 4 is 39.8 Å². The van der Waals surface area contributed by atoms with Crippen LogP contribution in [0.2, 0.25) is 10.0 Å². The van der Waals surface area contributed by atoms with Crippen LogP contribution < -0.4 is 10.1 Å². The summed E-state index contributed by atoms with van der Waals surface area (Å²) < 4.78 is 11.4. The summed E-state index contributed by atoms with van der Waals surface area (Å²) in [4.78, 5) is 4.61. The second-order valence-corrected chi connectivity index (χ2v) is 7.32. The van der Waals surface area contributed by atoms with Crippen molar-refractivity contribution in [2.45, 2.75) is 0 Å². The zero-order valence-corrected chi connectivity index (χ0v) is 17.0. The standard InChI is InChI=1S/C22H20Cl2N2O2/c1-27-10-11-28-21-18(22-25-8-9-26-22)12-14-4-2-3-5-16(14)20(21)17-7-6-15(23)13-19(17)24/h2-7,12-13H,8-11H2,1H3,(H,25,26). The Kier molecular flexibility index (Phi) is 5.72. The summed E-state index contributed by atoms with van der Waals surface area (Å²) in [6.45, 7) is 2.47. The molecule has 3 aromatic carbocycles. The third-order valence-corrected chi connectivity index (χ3v) is 5.21. The number of hydrogen-bond acceptors (Lipinski definition) is 4. The molecule has 6 heteroatoms. The Morgan fingerprint density at radius 1 is 1.04 bits per heavy atom. The van der Waals surface area contributed by atoms with Crippen molar-refractivity contribution in [1.29, 1.82) is 0 Å². The van der Waals surface area contributed by atoms with E-state index in [1.54, 1.807) is 13.2 Å². The molecule has 1 aliphatic rings. The van der Waals surface area contributed by atoms with Gasteiger partial charge in [-0.2, -0.15) is 0 Å². The molecule has 0 amide bonds. The molecular weight excluding hydrogens is 395 g/mol. The van der Waals surface area contributed by atoms with Crippen LogP contribution in [0.5, 0.6) is 5.75 Å². The van der Waals surface area contributed by atoms with Gasteiger partial charge < -0.3 is 14.8 Å². The minimum absolute atomic E-state index is 0.424. The van der Waals surface area contributed by atoms with Crippen LogP contribution in [0, 0.1) is 0 Å². The summed E-state index contributed by atoms with van der Waals surface area (Å²) in [5, 5.41) is 6.68. The molecule has 28 heavy (non-hydrogen) atoms. The molecular formula is C22H20Cl2N2O2. The highest BCUT2D eigenvalue weighted by Crippen LogP contribution is 2.43. The van der Waals surface area contributed by atoms with Crippen LogP contribution in [0.1, 0.15) is 5.56 Å². The van der Waals surface area contributed by atoms with Crippen LogP contribution in [-0.2, 0) is 4.74 Å². The highest BCUT2D eigenvalue weighted by Gasteiger charge is 2.22. The molecule has 0 atom stereocenters. The number of halogens is 2. The molecule has 0 fully saturated rings. The van der Waals surface area contributed by atoms with E-state index in [1.807, 2.05) is 24.3 Å². The predicted molar refractivity (Wildman–Crippen MR) is 116 cm³/mol. The van der Waals surface area contributed by atoms with Crippen molar-refractivity contribution in [2.75, 3.05) is 33.4 Å². The quantitative estimate of drug-likeness (QED) is 0.564. The molecule has 0 aromatic heterocycles. The summed E-state index contributed by atoms with van der Waals surface area (Å²) in [7, 11) is 1.66. The Morgan fingerprint density at radius 3 is 2.64 bits per heavy atom. The van der Waals surface area contributed by atoms with Gasteiger partial charge in [-0.3, -0.25) is 4.99 Å². The number of methoxy groups -OCH3 is 1. The summed E-state index contributed by atoms with van der Waals surface area (Å²) in [6, 6.07) is 15.8. The Morgan fingerprint density at radius 2 is 1.89 bits per heavy atom. The highest BCUT2D eigenvalue weighted by molar-refractivity contribution is 6.37. The summed E-state index contributed by atoms with van der Waals surface area (Å²) in [6.07, 6.45) is 0. The second-order valence-electron chi connectivity index (χ2n) is 6.47. The fourth-order valence-electron chi connectivity index (χ4n) is 3.42. The van der Waals surface area contributed by atoms with Gasteiger partial charge in [0.1, 0.15) is 18.2 Å².